The first-order valence-electron chi connectivity index (χ1n) is 5.13. The summed E-state index contributed by atoms with van der Waals surface area (Å²) < 4.78 is 10.6. The number of thiazole rings is 1. The molecule has 94 valence electrons. The normalized spacial score (nSPS) is 10.1. The van der Waals surface area contributed by atoms with Crippen LogP contribution in [0.25, 0.3) is 0 Å². The molecule has 2 rings (SSSR count). The van der Waals surface area contributed by atoms with Crippen molar-refractivity contribution >= 4 is 17.3 Å². The molecule has 0 spiro atoms. The van der Waals surface area contributed by atoms with Gasteiger partial charge in [-0.3, -0.25) is 0 Å². The van der Waals surface area contributed by atoms with Crippen LogP contribution in [-0.2, 0) is 6.61 Å². The predicted octanol–water partition coefficient (Wildman–Crippen LogP) is 2.43. The van der Waals surface area contributed by atoms with E-state index < -0.39 is 5.97 Å². The minimum atomic E-state index is -0.984. The van der Waals surface area contributed by atoms with Crippen LogP contribution in [-0.4, -0.2) is 23.2 Å². The topological polar surface area (TPSA) is 68.7 Å². The smallest absolute Gasteiger partial charge is 0.347 e. The fourth-order valence-electron chi connectivity index (χ4n) is 1.39. The first-order chi connectivity index (χ1) is 8.70. The van der Waals surface area contributed by atoms with Crippen molar-refractivity contribution in [2.75, 3.05) is 7.11 Å². The molecule has 0 unspecified atom stereocenters. The number of carbonyl (C=O) groups is 1. The fraction of sp³-hybridized carbons (Fsp3) is 0.167. The monoisotopic (exact) mass is 265 g/mol. The van der Waals surface area contributed by atoms with Crippen molar-refractivity contribution in [3.05, 3.63) is 40.3 Å². The van der Waals surface area contributed by atoms with Crippen LogP contribution in [0.3, 0.4) is 0 Å². The second kappa shape index (κ2) is 5.50. The van der Waals surface area contributed by atoms with E-state index in [4.69, 9.17) is 14.6 Å². The van der Waals surface area contributed by atoms with Crippen molar-refractivity contribution in [1.82, 2.24) is 4.98 Å². The van der Waals surface area contributed by atoms with Crippen LogP contribution in [0.4, 0.5) is 0 Å². The van der Waals surface area contributed by atoms with Crippen LogP contribution in [0, 0.1) is 0 Å². The Morgan fingerprint density at radius 2 is 2.22 bits per heavy atom. The van der Waals surface area contributed by atoms with Gasteiger partial charge in [-0.1, -0.05) is 6.07 Å². The van der Waals surface area contributed by atoms with E-state index in [2.05, 4.69) is 4.98 Å². The molecule has 0 aliphatic carbocycles. The Balaban J connectivity index is 2.06. The largest absolute Gasteiger partial charge is 0.497 e. The predicted molar refractivity (Wildman–Crippen MR) is 66.4 cm³/mol. The molecular formula is C12H11NO4S. The van der Waals surface area contributed by atoms with Gasteiger partial charge in [-0.15, -0.1) is 11.3 Å². The number of rotatable bonds is 5. The van der Waals surface area contributed by atoms with Gasteiger partial charge >= 0.3 is 5.97 Å². The van der Waals surface area contributed by atoms with Gasteiger partial charge in [0.25, 0.3) is 0 Å². The third-order valence-electron chi connectivity index (χ3n) is 2.25. The molecule has 5 nitrogen and oxygen atoms in total. The summed E-state index contributed by atoms with van der Waals surface area (Å²) in [5.74, 6) is 0.310. The zero-order chi connectivity index (χ0) is 13.0. The molecule has 0 radical (unpaired) electrons. The van der Waals surface area contributed by atoms with Crippen LogP contribution in [0.15, 0.2) is 29.8 Å². The average molecular weight is 265 g/mol. The number of nitrogens with zero attached hydrogens (tertiary/aromatic N) is 1. The van der Waals surface area contributed by atoms with E-state index in [0.29, 0.717) is 17.2 Å². The average Bonchev–Trinajstić information content (AvgIpc) is 2.85. The minimum Gasteiger partial charge on any atom is -0.497 e. The molecule has 0 atom stereocenters. The van der Waals surface area contributed by atoms with Crippen LogP contribution in [0.2, 0.25) is 0 Å². The zero-order valence-corrected chi connectivity index (χ0v) is 10.4. The Hall–Kier alpha value is -2.08. The fourth-order valence-corrected chi connectivity index (χ4v) is 2.02. The standard InChI is InChI=1S/C12H11NO4S/c1-16-8-3-2-4-9(5-8)17-6-10-11(12(14)15)18-7-13-10/h2-5,7H,6H2,1H3,(H,14,15). The van der Waals surface area contributed by atoms with E-state index in [9.17, 15) is 4.79 Å². The van der Waals surface area contributed by atoms with E-state index >= 15 is 0 Å². The number of aromatic carboxylic acids is 1. The Morgan fingerprint density at radius 3 is 2.94 bits per heavy atom. The molecule has 0 aliphatic heterocycles. The maximum Gasteiger partial charge on any atom is 0.347 e. The summed E-state index contributed by atoms with van der Waals surface area (Å²) in [6, 6.07) is 7.10. The lowest BCUT2D eigenvalue weighted by atomic mass is 10.3. The summed E-state index contributed by atoms with van der Waals surface area (Å²) in [4.78, 5) is 15.1. The van der Waals surface area contributed by atoms with Gasteiger partial charge < -0.3 is 14.6 Å². The summed E-state index contributed by atoms with van der Waals surface area (Å²) in [7, 11) is 1.57. The molecule has 2 aromatic rings. The highest BCUT2D eigenvalue weighted by Gasteiger charge is 2.13. The molecule has 0 amide bonds. The van der Waals surface area contributed by atoms with Crippen LogP contribution < -0.4 is 9.47 Å². The molecule has 6 heteroatoms. The Morgan fingerprint density at radius 1 is 1.44 bits per heavy atom. The summed E-state index contributed by atoms with van der Waals surface area (Å²) in [6.07, 6.45) is 0. The SMILES string of the molecule is COc1cccc(OCc2ncsc2C(=O)O)c1. The van der Waals surface area contributed by atoms with Gasteiger partial charge in [-0.25, -0.2) is 9.78 Å². The number of benzene rings is 1. The van der Waals surface area contributed by atoms with E-state index in [1.54, 1.807) is 31.4 Å². The van der Waals surface area contributed by atoms with E-state index in [1.807, 2.05) is 0 Å². The third-order valence-corrected chi connectivity index (χ3v) is 3.11. The maximum absolute atomic E-state index is 10.9. The van der Waals surface area contributed by atoms with Gasteiger partial charge in [-0.05, 0) is 12.1 Å². The molecular weight excluding hydrogens is 254 g/mol. The van der Waals surface area contributed by atoms with E-state index in [-0.39, 0.29) is 11.5 Å². The van der Waals surface area contributed by atoms with Crippen molar-refractivity contribution in [3.63, 3.8) is 0 Å². The molecule has 0 saturated heterocycles. The lowest BCUT2D eigenvalue weighted by Gasteiger charge is -2.06. The minimum absolute atomic E-state index is 0.123. The Kier molecular flexibility index (Phi) is 3.78. The van der Waals surface area contributed by atoms with E-state index in [1.165, 1.54) is 5.51 Å². The van der Waals surface area contributed by atoms with Crippen molar-refractivity contribution in [2.24, 2.45) is 0 Å². The lowest BCUT2D eigenvalue weighted by Crippen LogP contribution is -2.03. The van der Waals surface area contributed by atoms with Crippen molar-refractivity contribution in [3.8, 4) is 11.5 Å². The van der Waals surface area contributed by atoms with Crippen LogP contribution in [0.1, 0.15) is 15.4 Å². The van der Waals surface area contributed by atoms with Gasteiger partial charge in [-0.2, -0.15) is 0 Å². The Bertz CT molecular complexity index is 553. The second-order valence-corrected chi connectivity index (χ2v) is 4.26. The van der Waals surface area contributed by atoms with Crippen LogP contribution >= 0.6 is 11.3 Å². The van der Waals surface area contributed by atoms with Gasteiger partial charge in [0.2, 0.25) is 0 Å². The maximum atomic E-state index is 10.9. The summed E-state index contributed by atoms with van der Waals surface area (Å²) in [5, 5.41) is 8.93. The first kappa shape index (κ1) is 12.4. The molecule has 0 fully saturated rings. The first-order valence-corrected chi connectivity index (χ1v) is 6.01. The molecule has 1 aromatic carbocycles. The number of hydrogen-bond acceptors (Lipinski definition) is 5. The highest BCUT2D eigenvalue weighted by atomic mass is 32.1. The summed E-state index contributed by atoms with van der Waals surface area (Å²) >= 11 is 1.09. The summed E-state index contributed by atoms with van der Waals surface area (Å²) in [5.41, 5.74) is 1.92. The highest BCUT2D eigenvalue weighted by Crippen LogP contribution is 2.21. The van der Waals surface area contributed by atoms with Crippen molar-refractivity contribution in [1.29, 1.82) is 0 Å². The number of carboxylic acids is 1. The van der Waals surface area contributed by atoms with Gasteiger partial charge in [0.05, 0.1) is 12.6 Å². The van der Waals surface area contributed by atoms with Crippen molar-refractivity contribution in [2.45, 2.75) is 6.61 Å². The Labute approximate surface area is 108 Å². The number of hydrogen-bond donors (Lipinski definition) is 1. The molecule has 0 bridgehead atoms. The highest BCUT2D eigenvalue weighted by molar-refractivity contribution is 7.11. The lowest BCUT2D eigenvalue weighted by molar-refractivity contribution is 0.0699. The molecule has 1 aromatic heterocycles. The van der Waals surface area contributed by atoms with Gasteiger partial charge in [0, 0.05) is 6.07 Å². The number of aromatic nitrogens is 1. The van der Waals surface area contributed by atoms with Gasteiger partial charge in [0.1, 0.15) is 28.7 Å². The number of methoxy groups -OCH3 is 1. The molecule has 1 N–H and O–H groups in total. The number of ether oxygens (including phenoxy) is 2. The third kappa shape index (κ3) is 2.78. The molecule has 0 aliphatic rings. The quantitative estimate of drug-likeness (QED) is 0.899. The molecule has 0 saturated carbocycles. The van der Waals surface area contributed by atoms with Crippen molar-refractivity contribution < 1.29 is 19.4 Å². The second-order valence-electron chi connectivity index (χ2n) is 3.40. The molecule has 18 heavy (non-hydrogen) atoms. The number of carboxylic acid groups (broad SMARTS) is 1. The molecule has 1 heterocycles. The zero-order valence-electron chi connectivity index (χ0n) is 9.62. The summed E-state index contributed by atoms with van der Waals surface area (Å²) in [6.45, 7) is 0.123. The van der Waals surface area contributed by atoms with Gasteiger partial charge in [0.15, 0.2) is 0 Å². The van der Waals surface area contributed by atoms with Crippen LogP contribution in [0.5, 0.6) is 11.5 Å². The van der Waals surface area contributed by atoms with E-state index in [0.717, 1.165) is 11.3 Å².